The molecule has 0 fully saturated rings. The van der Waals surface area contributed by atoms with Crippen molar-refractivity contribution >= 4 is 11.0 Å². The van der Waals surface area contributed by atoms with E-state index in [0.717, 1.165) is 23.3 Å². The van der Waals surface area contributed by atoms with E-state index in [1.807, 2.05) is 12.1 Å². The molecule has 0 radical (unpaired) electrons. The molecule has 0 saturated carbocycles. The van der Waals surface area contributed by atoms with Crippen LogP contribution < -0.4 is 0 Å². The molecule has 3 aromatic rings. The maximum atomic E-state index is 8.91. The van der Waals surface area contributed by atoms with Gasteiger partial charge in [0.15, 0.2) is 0 Å². The molecule has 0 aliphatic heterocycles. The standard InChI is InChI=1S/C17H15N3/c1-11-3-4-13(7-12(11)2)9-17-19-15-6-5-14(10-18)8-16(15)20-17/h3-8H,9H2,1-2H3,(H,19,20). The molecule has 1 heterocycles. The number of aromatic nitrogens is 2. The van der Waals surface area contributed by atoms with Gasteiger partial charge in [0.25, 0.3) is 0 Å². The van der Waals surface area contributed by atoms with Gasteiger partial charge in [-0.25, -0.2) is 4.98 Å². The normalized spacial score (nSPS) is 10.7. The summed E-state index contributed by atoms with van der Waals surface area (Å²) in [7, 11) is 0. The second-order valence-corrected chi connectivity index (χ2v) is 5.12. The number of hydrogen-bond donors (Lipinski definition) is 1. The Kier molecular flexibility index (Phi) is 3.00. The molecule has 0 unspecified atom stereocenters. The first-order valence-electron chi connectivity index (χ1n) is 6.60. The molecule has 0 spiro atoms. The van der Waals surface area contributed by atoms with Gasteiger partial charge in [-0.1, -0.05) is 18.2 Å². The lowest BCUT2D eigenvalue weighted by Crippen LogP contribution is -1.92. The molecule has 3 nitrogen and oxygen atoms in total. The van der Waals surface area contributed by atoms with Gasteiger partial charge in [-0.15, -0.1) is 0 Å². The van der Waals surface area contributed by atoms with E-state index in [1.165, 1.54) is 16.7 Å². The Morgan fingerprint density at radius 1 is 1.10 bits per heavy atom. The largest absolute Gasteiger partial charge is 0.342 e. The summed E-state index contributed by atoms with van der Waals surface area (Å²) >= 11 is 0. The lowest BCUT2D eigenvalue weighted by molar-refractivity contribution is 1.03. The summed E-state index contributed by atoms with van der Waals surface area (Å²) in [6, 6.07) is 14.1. The van der Waals surface area contributed by atoms with E-state index in [-0.39, 0.29) is 0 Å². The van der Waals surface area contributed by atoms with Crippen LogP contribution in [0.4, 0.5) is 0 Å². The maximum Gasteiger partial charge on any atom is 0.111 e. The number of nitriles is 1. The Labute approximate surface area is 117 Å². The molecule has 20 heavy (non-hydrogen) atoms. The van der Waals surface area contributed by atoms with Crippen LogP contribution in [0.15, 0.2) is 36.4 Å². The Bertz CT molecular complexity index is 822. The van der Waals surface area contributed by atoms with Crippen molar-refractivity contribution in [3.8, 4) is 6.07 Å². The fraction of sp³-hybridized carbons (Fsp3) is 0.176. The highest BCUT2D eigenvalue weighted by molar-refractivity contribution is 5.76. The van der Waals surface area contributed by atoms with E-state index in [9.17, 15) is 0 Å². The molecule has 0 saturated heterocycles. The highest BCUT2D eigenvalue weighted by Crippen LogP contribution is 2.17. The van der Waals surface area contributed by atoms with Crippen LogP contribution in [0.2, 0.25) is 0 Å². The van der Waals surface area contributed by atoms with Crippen LogP contribution in [0.5, 0.6) is 0 Å². The van der Waals surface area contributed by atoms with Gasteiger partial charge in [0.2, 0.25) is 0 Å². The van der Waals surface area contributed by atoms with Crippen LogP contribution in [0, 0.1) is 25.2 Å². The summed E-state index contributed by atoms with van der Waals surface area (Å²) < 4.78 is 0. The van der Waals surface area contributed by atoms with Crippen LogP contribution in [-0.4, -0.2) is 9.97 Å². The smallest absolute Gasteiger partial charge is 0.111 e. The fourth-order valence-electron chi connectivity index (χ4n) is 2.32. The third-order valence-corrected chi connectivity index (χ3v) is 3.60. The van der Waals surface area contributed by atoms with Crippen molar-refractivity contribution < 1.29 is 0 Å². The van der Waals surface area contributed by atoms with Gasteiger partial charge in [0.1, 0.15) is 5.82 Å². The summed E-state index contributed by atoms with van der Waals surface area (Å²) in [6.07, 6.45) is 0.775. The zero-order valence-corrected chi connectivity index (χ0v) is 11.6. The predicted octanol–water partition coefficient (Wildman–Crippen LogP) is 3.64. The summed E-state index contributed by atoms with van der Waals surface area (Å²) in [5.41, 5.74) is 6.32. The van der Waals surface area contributed by atoms with E-state index in [1.54, 1.807) is 6.07 Å². The number of nitrogens with one attached hydrogen (secondary N) is 1. The number of rotatable bonds is 2. The van der Waals surface area contributed by atoms with E-state index in [2.05, 4.69) is 48.1 Å². The monoisotopic (exact) mass is 261 g/mol. The minimum Gasteiger partial charge on any atom is -0.342 e. The van der Waals surface area contributed by atoms with Gasteiger partial charge in [-0.3, -0.25) is 0 Å². The van der Waals surface area contributed by atoms with Gasteiger partial charge >= 0.3 is 0 Å². The second kappa shape index (κ2) is 4.82. The summed E-state index contributed by atoms with van der Waals surface area (Å²) in [5.74, 6) is 0.929. The molecular formula is C17H15N3. The van der Waals surface area contributed by atoms with E-state index >= 15 is 0 Å². The van der Waals surface area contributed by atoms with Gasteiger partial charge in [0, 0.05) is 6.42 Å². The van der Waals surface area contributed by atoms with Crippen LogP contribution >= 0.6 is 0 Å². The maximum absolute atomic E-state index is 8.91. The number of hydrogen-bond acceptors (Lipinski definition) is 2. The molecule has 2 aromatic carbocycles. The molecule has 0 aliphatic carbocycles. The first-order chi connectivity index (χ1) is 9.65. The van der Waals surface area contributed by atoms with Gasteiger partial charge < -0.3 is 4.98 Å². The van der Waals surface area contributed by atoms with Gasteiger partial charge in [-0.05, 0) is 48.7 Å². The number of benzene rings is 2. The van der Waals surface area contributed by atoms with Crippen molar-refractivity contribution in [2.24, 2.45) is 0 Å². The Hall–Kier alpha value is -2.60. The third-order valence-electron chi connectivity index (χ3n) is 3.60. The van der Waals surface area contributed by atoms with Crippen molar-refractivity contribution in [1.29, 1.82) is 5.26 Å². The van der Waals surface area contributed by atoms with E-state index in [4.69, 9.17) is 5.26 Å². The van der Waals surface area contributed by atoms with Crippen LogP contribution in [-0.2, 0) is 6.42 Å². The minimum atomic E-state index is 0.652. The fourth-order valence-corrected chi connectivity index (χ4v) is 2.32. The molecular weight excluding hydrogens is 246 g/mol. The van der Waals surface area contributed by atoms with Gasteiger partial charge in [-0.2, -0.15) is 5.26 Å². The SMILES string of the molecule is Cc1ccc(Cc2nc3ccc(C#N)cc3[nH]2)cc1C. The van der Waals surface area contributed by atoms with Crippen molar-refractivity contribution in [2.75, 3.05) is 0 Å². The predicted molar refractivity (Wildman–Crippen MR) is 79.5 cm³/mol. The van der Waals surface area contributed by atoms with Crippen LogP contribution in [0.25, 0.3) is 11.0 Å². The van der Waals surface area contributed by atoms with Crippen LogP contribution in [0.1, 0.15) is 28.1 Å². The molecule has 0 amide bonds. The molecule has 0 bridgehead atoms. The Morgan fingerprint density at radius 3 is 2.70 bits per heavy atom. The highest BCUT2D eigenvalue weighted by atomic mass is 14.9. The lowest BCUT2D eigenvalue weighted by Gasteiger charge is -2.03. The second-order valence-electron chi connectivity index (χ2n) is 5.12. The number of fused-ring (bicyclic) bond motifs is 1. The number of imidazole rings is 1. The third kappa shape index (κ3) is 2.28. The average molecular weight is 261 g/mol. The molecule has 1 aromatic heterocycles. The summed E-state index contributed by atoms with van der Waals surface area (Å²) in [6.45, 7) is 4.24. The molecule has 3 rings (SSSR count). The lowest BCUT2D eigenvalue weighted by atomic mass is 10.0. The zero-order chi connectivity index (χ0) is 14.1. The first kappa shape index (κ1) is 12.4. The average Bonchev–Trinajstić information content (AvgIpc) is 2.84. The minimum absolute atomic E-state index is 0.652. The first-order valence-corrected chi connectivity index (χ1v) is 6.60. The number of H-pyrrole nitrogens is 1. The zero-order valence-electron chi connectivity index (χ0n) is 11.6. The highest BCUT2D eigenvalue weighted by Gasteiger charge is 2.05. The Morgan fingerprint density at radius 2 is 1.95 bits per heavy atom. The van der Waals surface area contributed by atoms with Crippen molar-refractivity contribution in [3.05, 3.63) is 64.5 Å². The van der Waals surface area contributed by atoms with E-state index < -0.39 is 0 Å². The molecule has 1 N–H and O–H groups in total. The van der Waals surface area contributed by atoms with Crippen molar-refractivity contribution in [1.82, 2.24) is 9.97 Å². The van der Waals surface area contributed by atoms with Crippen molar-refractivity contribution in [3.63, 3.8) is 0 Å². The number of nitrogens with zero attached hydrogens (tertiary/aromatic N) is 2. The number of aryl methyl sites for hydroxylation is 2. The summed E-state index contributed by atoms with van der Waals surface area (Å²) in [4.78, 5) is 7.86. The molecule has 98 valence electrons. The van der Waals surface area contributed by atoms with Gasteiger partial charge in [0.05, 0.1) is 22.7 Å². The molecule has 0 atom stereocenters. The van der Waals surface area contributed by atoms with Crippen molar-refractivity contribution in [2.45, 2.75) is 20.3 Å². The molecule has 0 aliphatic rings. The topological polar surface area (TPSA) is 52.5 Å². The quantitative estimate of drug-likeness (QED) is 0.765. The van der Waals surface area contributed by atoms with E-state index in [0.29, 0.717) is 5.56 Å². The van der Waals surface area contributed by atoms with Crippen LogP contribution in [0.3, 0.4) is 0 Å². The summed E-state index contributed by atoms with van der Waals surface area (Å²) in [5, 5.41) is 8.91. The Balaban J connectivity index is 1.94. The number of aromatic amines is 1. The molecule has 3 heteroatoms.